The van der Waals surface area contributed by atoms with E-state index in [1.165, 1.54) is 27.8 Å². The molecule has 0 amide bonds. The fourth-order valence-electron chi connectivity index (χ4n) is 3.00. The molecule has 1 N–H and O–H groups in total. The minimum Gasteiger partial charge on any atom is -0.313 e. The summed E-state index contributed by atoms with van der Waals surface area (Å²) in [5.41, 5.74) is 7.09. The van der Waals surface area contributed by atoms with Crippen LogP contribution in [-0.2, 0) is 19.3 Å². The fourth-order valence-corrected chi connectivity index (χ4v) is 3.00. The molecule has 2 aromatic carbocycles. The van der Waals surface area contributed by atoms with Crippen LogP contribution in [-0.4, -0.2) is 7.05 Å². The zero-order valence-electron chi connectivity index (χ0n) is 13.7. The summed E-state index contributed by atoms with van der Waals surface area (Å²) in [5.74, 6) is 0. The van der Waals surface area contributed by atoms with Crippen molar-refractivity contribution in [3.63, 3.8) is 0 Å². The maximum atomic E-state index is 3.48. The lowest BCUT2D eigenvalue weighted by molar-refractivity contribution is 0.591. The Balaban J connectivity index is 2.25. The van der Waals surface area contributed by atoms with E-state index in [0.717, 1.165) is 19.3 Å². The summed E-state index contributed by atoms with van der Waals surface area (Å²) in [6, 6.07) is 16.2. The SMILES string of the molecule is CCc1ccc(C(Cc2cccc(C)c2)NC)cc1CC. The van der Waals surface area contributed by atoms with Crippen molar-refractivity contribution >= 4 is 0 Å². The summed E-state index contributed by atoms with van der Waals surface area (Å²) >= 11 is 0. The predicted molar refractivity (Wildman–Crippen MR) is 91.9 cm³/mol. The first-order valence-corrected chi connectivity index (χ1v) is 8.02. The molecular weight excluding hydrogens is 254 g/mol. The van der Waals surface area contributed by atoms with Crippen molar-refractivity contribution in [2.75, 3.05) is 7.05 Å². The second kappa shape index (κ2) is 7.42. The van der Waals surface area contributed by atoms with Gasteiger partial charge in [0.1, 0.15) is 0 Å². The van der Waals surface area contributed by atoms with Gasteiger partial charge in [0.2, 0.25) is 0 Å². The number of benzene rings is 2. The number of nitrogens with one attached hydrogen (secondary N) is 1. The number of hydrogen-bond acceptors (Lipinski definition) is 1. The molecule has 0 fully saturated rings. The average Bonchev–Trinajstić information content (AvgIpc) is 2.52. The number of likely N-dealkylation sites (N-methyl/N-ethyl adjacent to an activating group) is 1. The van der Waals surface area contributed by atoms with Gasteiger partial charge < -0.3 is 5.32 Å². The fraction of sp³-hybridized carbons (Fsp3) is 0.400. The molecule has 0 saturated carbocycles. The first-order chi connectivity index (χ1) is 10.2. The average molecular weight is 281 g/mol. The smallest absolute Gasteiger partial charge is 0.0358 e. The summed E-state index contributed by atoms with van der Waals surface area (Å²) in [5, 5.41) is 3.48. The first kappa shape index (κ1) is 15.8. The maximum absolute atomic E-state index is 3.48. The van der Waals surface area contributed by atoms with Crippen molar-refractivity contribution in [2.45, 2.75) is 46.1 Å². The van der Waals surface area contributed by atoms with Gasteiger partial charge in [0.25, 0.3) is 0 Å². The van der Waals surface area contributed by atoms with Gasteiger partial charge in [-0.15, -0.1) is 0 Å². The van der Waals surface area contributed by atoms with E-state index in [1.807, 2.05) is 0 Å². The third-order valence-electron chi connectivity index (χ3n) is 4.27. The highest BCUT2D eigenvalue weighted by Crippen LogP contribution is 2.22. The number of rotatable bonds is 6. The highest BCUT2D eigenvalue weighted by atomic mass is 14.9. The Morgan fingerprint density at radius 1 is 0.952 bits per heavy atom. The van der Waals surface area contributed by atoms with Gasteiger partial charge in [-0.25, -0.2) is 0 Å². The van der Waals surface area contributed by atoms with Crippen LogP contribution in [0.25, 0.3) is 0 Å². The van der Waals surface area contributed by atoms with Crippen molar-refractivity contribution in [1.29, 1.82) is 0 Å². The summed E-state index contributed by atoms with van der Waals surface area (Å²) in [4.78, 5) is 0. The van der Waals surface area contributed by atoms with Gasteiger partial charge in [0.05, 0.1) is 0 Å². The van der Waals surface area contributed by atoms with E-state index in [4.69, 9.17) is 0 Å². The summed E-state index contributed by atoms with van der Waals surface area (Å²) in [6.07, 6.45) is 3.26. The summed E-state index contributed by atoms with van der Waals surface area (Å²) in [7, 11) is 2.06. The third kappa shape index (κ3) is 3.95. The Kier molecular flexibility index (Phi) is 5.58. The lowest BCUT2D eigenvalue weighted by atomic mass is 9.93. The Morgan fingerprint density at radius 3 is 2.33 bits per heavy atom. The van der Waals surface area contributed by atoms with Crippen LogP contribution < -0.4 is 5.32 Å². The van der Waals surface area contributed by atoms with Gasteiger partial charge in [-0.1, -0.05) is 61.9 Å². The molecular formula is C20H27N. The van der Waals surface area contributed by atoms with Gasteiger partial charge >= 0.3 is 0 Å². The molecule has 0 saturated heterocycles. The molecule has 2 aromatic rings. The van der Waals surface area contributed by atoms with Crippen LogP contribution in [0, 0.1) is 6.92 Å². The first-order valence-electron chi connectivity index (χ1n) is 8.02. The highest BCUT2D eigenvalue weighted by molar-refractivity contribution is 5.35. The second-order valence-electron chi connectivity index (χ2n) is 5.77. The van der Waals surface area contributed by atoms with Gasteiger partial charge in [-0.2, -0.15) is 0 Å². The van der Waals surface area contributed by atoms with Gasteiger partial charge in [0, 0.05) is 6.04 Å². The predicted octanol–water partition coefficient (Wildman–Crippen LogP) is 4.62. The Bertz CT molecular complexity index is 586. The normalized spacial score (nSPS) is 12.4. The standard InChI is InChI=1S/C20H27N/c1-5-17-10-11-19(14-18(17)6-2)20(21-4)13-16-9-7-8-15(3)12-16/h7-12,14,20-21H,5-6,13H2,1-4H3. The Morgan fingerprint density at radius 2 is 1.71 bits per heavy atom. The van der Waals surface area contributed by atoms with Crippen molar-refractivity contribution in [2.24, 2.45) is 0 Å². The van der Waals surface area contributed by atoms with E-state index >= 15 is 0 Å². The Hall–Kier alpha value is -1.60. The molecule has 0 aliphatic rings. The lowest BCUT2D eigenvalue weighted by Crippen LogP contribution is -2.19. The molecule has 1 heteroatoms. The number of hydrogen-bond donors (Lipinski definition) is 1. The Labute approximate surface area is 129 Å². The van der Waals surface area contributed by atoms with E-state index in [9.17, 15) is 0 Å². The van der Waals surface area contributed by atoms with E-state index in [0.29, 0.717) is 6.04 Å². The van der Waals surface area contributed by atoms with E-state index in [2.05, 4.69) is 75.6 Å². The van der Waals surface area contributed by atoms with Crippen molar-refractivity contribution in [3.05, 3.63) is 70.3 Å². The highest BCUT2D eigenvalue weighted by Gasteiger charge is 2.12. The molecule has 0 aliphatic heterocycles. The van der Waals surface area contributed by atoms with Gasteiger partial charge in [0.15, 0.2) is 0 Å². The van der Waals surface area contributed by atoms with Crippen molar-refractivity contribution < 1.29 is 0 Å². The molecule has 0 aliphatic carbocycles. The van der Waals surface area contributed by atoms with Crippen LogP contribution in [0.1, 0.15) is 47.7 Å². The minimum absolute atomic E-state index is 0.378. The monoisotopic (exact) mass is 281 g/mol. The maximum Gasteiger partial charge on any atom is 0.0358 e. The lowest BCUT2D eigenvalue weighted by Gasteiger charge is -2.19. The van der Waals surface area contributed by atoms with Crippen molar-refractivity contribution in [3.8, 4) is 0 Å². The molecule has 0 heterocycles. The van der Waals surface area contributed by atoms with E-state index in [-0.39, 0.29) is 0 Å². The topological polar surface area (TPSA) is 12.0 Å². The minimum atomic E-state index is 0.378. The van der Waals surface area contributed by atoms with E-state index < -0.39 is 0 Å². The zero-order chi connectivity index (χ0) is 15.2. The second-order valence-corrected chi connectivity index (χ2v) is 5.77. The molecule has 112 valence electrons. The molecule has 0 aromatic heterocycles. The van der Waals surface area contributed by atoms with Gasteiger partial charge in [-0.3, -0.25) is 0 Å². The quantitative estimate of drug-likeness (QED) is 0.814. The molecule has 1 unspecified atom stereocenters. The summed E-state index contributed by atoms with van der Waals surface area (Å²) < 4.78 is 0. The van der Waals surface area contributed by atoms with Crippen LogP contribution >= 0.6 is 0 Å². The summed E-state index contributed by atoms with van der Waals surface area (Å²) in [6.45, 7) is 6.63. The largest absolute Gasteiger partial charge is 0.313 e. The molecule has 21 heavy (non-hydrogen) atoms. The number of aryl methyl sites for hydroxylation is 3. The van der Waals surface area contributed by atoms with Crippen LogP contribution in [0.2, 0.25) is 0 Å². The van der Waals surface area contributed by atoms with Crippen molar-refractivity contribution in [1.82, 2.24) is 5.32 Å². The molecule has 0 radical (unpaired) electrons. The van der Waals surface area contributed by atoms with Gasteiger partial charge in [-0.05, 0) is 55.5 Å². The molecule has 1 nitrogen and oxygen atoms in total. The molecule has 0 spiro atoms. The zero-order valence-corrected chi connectivity index (χ0v) is 13.7. The van der Waals surface area contributed by atoms with Crippen LogP contribution in [0.4, 0.5) is 0 Å². The third-order valence-corrected chi connectivity index (χ3v) is 4.27. The van der Waals surface area contributed by atoms with Crippen LogP contribution in [0.15, 0.2) is 42.5 Å². The molecule has 2 rings (SSSR count). The molecule has 1 atom stereocenters. The van der Waals surface area contributed by atoms with Crippen LogP contribution in [0.5, 0.6) is 0 Å². The molecule has 0 bridgehead atoms. The van der Waals surface area contributed by atoms with Crippen LogP contribution in [0.3, 0.4) is 0 Å². The van der Waals surface area contributed by atoms with E-state index in [1.54, 1.807) is 0 Å².